The van der Waals surface area contributed by atoms with E-state index in [4.69, 9.17) is 10.2 Å². The van der Waals surface area contributed by atoms with Gasteiger partial charge in [-0.15, -0.1) is 0 Å². The lowest BCUT2D eigenvalue weighted by molar-refractivity contribution is 0.491. The monoisotopic (exact) mass is 488 g/mol. The molecule has 1 aliphatic rings. The maximum Gasteiger partial charge on any atom is 0.331 e. The Labute approximate surface area is 206 Å². The highest BCUT2D eigenvalue weighted by Gasteiger charge is 2.30. The van der Waals surface area contributed by atoms with Crippen molar-refractivity contribution in [3.63, 3.8) is 0 Å². The van der Waals surface area contributed by atoms with Crippen LogP contribution in [0.3, 0.4) is 0 Å². The normalized spacial score (nSPS) is 16.0. The van der Waals surface area contributed by atoms with Crippen molar-refractivity contribution in [1.29, 1.82) is 5.26 Å². The predicted octanol–water partition coefficient (Wildman–Crippen LogP) is 1.85. The maximum atomic E-state index is 13.9. The second-order valence-electron chi connectivity index (χ2n) is 9.41. The van der Waals surface area contributed by atoms with Crippen molar-refractivity contribution in [3.05, 3.63) is 62.3 Å². The Morgan fingerprint density at radius 2 is 2.11 bits per heavy atom. The Morgan fingerprint density at radius 3 is 2.81 bits per heavy atom. The Morgan fingerprint density at radius 1 is 1.31 bits per heavy atom. The fourth-order valence-corrected chi connectivity index (χ4v) is 4.87. The van der Waals surface area contributed by atoms with Gasteiger partial charge >= 0.3 is 5.69 Å². The largest absolute Gasteiger partial charge is 0.437 e. The Kier molecular flexibility index (Phi) is 5.97. The lowest BCUT2D eigenvalue weighted by Gasteiger charge is -2.33. The van der Waals surface area contributed by atoms with Gasteiger partial charge in [0.2, 0.25) is 5.89 Å². The number of anilines is 1. The summed E-state index contributed by atoms with van der Waals surface area (Å²) < 4.78 is 10.0. The third kappa shape index (κ3) is 3.89. The van der Waals surface area contributed by atoms with Gasteiger partial charge in [-0.3, -0.25) is 9.36 Å². The predicted molar refractivity (Wildman–Crippen MR) is 136 cm³/mol. The van der Waals surface area contributed by atoms with E-state index >= 15 is 0 Å². The van der Waals surface area contributed by atoms with Gasteiger partial charge in [0.25, 0.3) is 5.56 Å². The molecule has 1 aliphatic heterocycles. The lowest BCUT2D eigenvalue weighted by atomic mass is 10.1. The van der Waals surface area contributed by atoms with Crippen LogP contribution in [-0.4, -0.2) is 42.8 Å². The van der Waals surface area contributed by atoms with Gasteiger partial charge in [0.15, 0.2) is 11.2 Å². The first kappa shape index (κ1) is 23.6. The SMILES string of the molecule is CC(C)=CCn1c(N2CCC[C@H](N)C2)c(C#N)c2c1c(=O)n(Cc1nc3ncccc3o1)c(=O)n2C. The molecule has 0 unspecified atom stereocenters. The maximum absolute atomic E-state index is 13.9. The molecule has 4 aromatic heterocycles. The van der Waals surface area contributed by atoms with Crippen LogP contribution in [0, 0.1) is 11.3 Å². The fraction of sp³-hybridized carbons (Fsp3) is 0.400. The number of hydrogen-bond donors (Lipinski definition) is 1. The molecule has 1 saturated heterocycles. The van der Waals surface area contributed by atoms with Crippen LogP contribution < -0.4 is 21.9 Å². The van der Waals surface area contributed by atoms with Crippen LogP contribution in [0.1, 0.15) is 38.1 Å². The van der Waals surface area contributed by atoms with Gasteiger partial charge in [0.1, 0.15) is 29.5 Å². The highest BCUT2D eigenvalue weighted by Crippen LogP contribution is 2.32. The van der Waals surface area contributed by atoms with E-state index in [1.807, 2.05) is 24.5 Å². The Bertz CT molecular complexity index is 1630. The topological polar surface area (TPSA) is 141 Å². The number of piperidine rings is 1. The zero-order chi connectivity index (χ0) is 25.6. The van der Waals surface area contributed by atoms with E-state index in [0.717, 1.165) is 23.0 Å². The second-order valence-corrected chi connectivity index (χ2v) is 9.41. The molecule has 0 saturated carbocycles. The minimum Gasteiger partial charge on any atom is -0.437 e. The van der Waals surface area contributed by atoms with Gasteiger partial charge in [-0.1, -0.05) is 11.6 Å². The number of rotatable bonds is 5. The molecule has 0 radical (unpaired) electrons. The molecule has 11 heteroatoms. The van der Waals surface area contributed by atoms with Crippen molar-refractivity contribution in [2.45, 2.75) is 45.8 Å². The molecule has 186 valence electrons. The van der Waals surface area contributed by atoms with Crippen molar-refractivity contribution >= 4 is 28.1 Å². The van der Waals surface area contributed by atoms with E-state index in [1.165, 1.54) is 4.57 Å². The molecule has 0 amide bonds. The molecule has 11 nitrogen and oxygen atoms in total. The number of allylic oxidation sites excluding steroid dienone is 2. The summed E-state index contributed by atoms with van der Waals surface area (Å²) in [4.78, 5) is 37.8. The summed E-state index contributed by atoms with van der Waals surface area (Å²) in [5, 5.41) is 10.2. The third-order valence-electron chi connectivity index (χ3n) is 6.57. The van der Waals surface area contributed by atoms with Crippen molar-refractivity contribution in [3.8, 4) is 6.07 Å². The molecule has 2 N–H and O–H groups in total. The summed E-state index contributed by atoms with van der Waals surface area (Å²) in [5.74, 6) is 0.823. The molecule has 5 heterocycles. The molecule has 0 spiro atoms. The Hall–Kier alpha value is -4.17. The summed E-state index contributed by atoms with van der Waals surface area (Å²) in [6, 6.07) is 5.68. The van der Waals surface area contributed by atoms with Crippen LogP contribution in [0.15, 0.2) is 44.0 Å². The van der Waals surface area contributed by atoms with Crippen LogP contribution in [0.2, 0.25) is 0 Å². The quantitative estimate of drug-likeness (QED) is 0.420. The zero-order valence-corrected chi connectivity index (χ0v) is 20.6. The summed E-state index contributed by atoms with van der Waals surface area (Å²) in [6.07, 6.45) is 5.37. The number of hydrogen-bond acceptors (Lipinski definition) is 8. The van der Waals surface area contributed by atoms with Crippen LogP contribution in [0.5, 0.6) is 0 Å². The van der Waals surface area contributed by atoms with E-state index in [0.29, 0.717) is 47.8 Å². The zero-order valence-electron chi connectivity index (χ0n) is 20.6. The van der Waals surface area contributed by atoms with E-state index in [9.17, 15) is 14.9 Å². The number of nitrogens with zero attached hydrogens (tertiary/aromatic N) is 7. The number of oxazole rings is 1. The first-order valence-corrected chi connectivity index (χ1v) is 11.9. The van der Waals surface area contributed by atoms with Crippen LogP contribution in [-0.2, 0) is 20.1 Å². The van der Waals surface area contributed by atoms with Crippen LogP contribution in [0.25, 0.3) is 22.3 Å². The van der Waals surface area contributed by atoms with Crippen LogP contribution in [0.4, 0.5) is 5.82 Å². The molecule has 36 heavy (non-hydrogen) atoms. The molecular formula is C25H28N8O3. The minimum atomic E-state index is -0.555. The smallest absolute Gasteiger partial charge is 0.331 e. The van der Waals surface area contributed by atoms with Gasteiger partial charge in [0.05, 0.1) is 5.52 Å². The van der Waals surface area contributed by atoms with E-state index in [2.05, 4.69) is 20.9 Å². The average Bonchev–Trinajstić information content (AvgIpc) is 3.42. The Balaban J connectivity index is 1.77. The average molecular weight is 489 g/mol. The van der Waals surface area contributed by atoms with Crippen LogP contribution >= 0.6 is 0 Å². The van der Waals surface area contributed by atoms with Crippen molar-refractivity contribution in [1.82, 2.24) is 23.7 Å². The van der Waals surface area contributed by atoms with Gasteiger partial charge < -0.3 is 19.6 Å². The summed E-state index contributed by atoms with van der Waals surface area (Å²) in [6.45, 7) is 5.45. The number of nitrogens with two attached hydrogens (primary N) is 1. The minimum absolute atomic E-state index is 0.0338. The van der Waals surface area contributed by atoms with E-state index in [1.54, 1.807) is 25.4 Å². The first-order valence-electron chi connectivity index (χ1n) is 11.9. The molecule has 1 fully saturated rings. The van der Waals surface area contributed by atoms with Gasteiger partial charge in [-0.25, -0.2) is 14.3 Å². The second kappa shape index (κ2) is 9.13. The summed E-state index contributed by atoms with van der Waals surface area (Å²) in [7, 11) is 1.58. The van der Waals surface area contributed by atoms with Gasteiger partial charge in [-0.05, 0) is 38.8 Å². The van der Waals surface area contributed by atoms with Crippen molar-refractivity contribution in [2.75, 3.05) is 18.0 Å². The molecule has 0 aliphatic carbocycles. The molecule has 5 rings (SSSR count). The highest BCUT2D eigenvalue weighted by atomic mass is 16.3. The molecule has 0 aromatic carbocycles. The van der Waals surface area contributed by atoms with E-state index < -0.39 is 11.2 Å². The van der Waals surface area contributed by atoms with Gasteiger partial charge in [0, 0.05) is 38.9 Å². The first-order chi connectivity index (χ1) is 17.3. The number of fused-ring (bicyclic) bond motifs is 2. The van der Waals surface area contributed by atoms with E-state index in [-0.39, 0.29) is 24.0 Å². The van der Waals surface area contributed by atoms with Gasteiger partial charge in [-0.2, -0.15) is 10.2 Å². The number of aryl methyl sites for hydroxylation is 1. The number of nitriles is 1. The fourth-order valence-electron chi connectivity index (χ4n) is 4.87. The number of aromatic nitrogens is 5. The standard InChI is InChI=1S/C25H28N8O3/c1-15(2)8-11-32-21-20(17(12-26)23(32)31-10-5-6-16(27)13-31)30(3)25(35)33(24(21)34)14-19-29-22-18(36-19)7-4-9-28-22/h4,7-9,16H,5-6,10-11,13-14,27H2,1-3H3/t16-/m0/s1. The summed E-state index contributed by atoms with van der Waals surface area (Å²) in [5.41, 5.74) is 8.05. The molecular weight excluding hydrogens is 460 g/mol. The molecule has 1 atom stereocenters. The van der Waals surface area contributed by atoms with Crippen molar-refractivity contribution in [2.24, 2.45) is 12.8 Å². The van der Waals surface area contributed by atoms with Crippen molar-refractivity contribution < 1.29 is 4.42 Å². The number of pyridine rings is 1. The molecule has 4 aromatic rings. The molecule has 0 bridgehead atoms. The lowest BCUT2D eigenvalue weighted by Crippen LogP contribution is -2.44. The highest BCUT2D eigenvalue weighted by molar-refractivity contribution is 5.90. The third-order valence-corrected chi connectivity index (χ3v) is 6.57. The summed E-state index contributed by atoms with van der Waals surface area (Å²) >= 11 is 0.